The van der Waals surface area contributed by atoms with Gasteiger partial charge in [-0.3, -0.25) is 14.5 Å². The Kier molecular flexibility index (Phi) is 4.76. The number of nitrogens with zero attached hydrogens (tertiary/aromatic N) is 4. The topological polar surface area (TPSA) is 139 Å². The lowest BCUT2D eigenvalue weighted by atomic mass is 9.83. The van der Waals surface area contributed by atoms with E-state index >= 15 is 0 Å². The number of fused-ring (bicyclic) bond motifs is 4. The van der Waals surface area contributed by atoms with Gasteiger partial charge in [0.15, 0.2) is 11.4 Å². The van der Waals surface area contributed by atoms with Crippen LogP contribution in [0.15, 0.2) is 36.5 Å². The Labute approximate surface area is 174 Å². The van der Waals surface area contributed by atoms with Gasteiger partial charge in [-0.2, -0.15) is 13.2 Å². The highest BCUT2D eigenvalue weighted by atomic mass is 19.4. The average Bonchev–Trinajstić information content (AvgIpc) is 3.06. The maximum Gasteiger partial charge on any atom is 0.399 e. The number of hydrogen-bond acceptors (Lipinski definition) is 7. The van der Waals surface area contributed by atoms with Gasteiger partial charge in [0.2, 0.25) is 11.8 Å². The highest BCUT2D eigenvalue weighted by Crippen LogP contribution is 2.50. The molecule has 2 amide bonds. The summed E-state index contributed by atoms with van der Waals surface area (Å²) < 4.78 is 40.3. The maximum atomic E-state index is 13.4. The number of aliphatic hydroxyl groups is 1. The molecule has 2 aliphatic heterocycles. The Bertz CT molecular complexity index is 1030. The molecule has 3 atom stereocenters. The molecule has 2 bridgehead atoms. The van der Waals surface area contributed by atoms with Crippen molar-refractivity contribution in [1.29, 1.82) is 0 Å². The number of alkyl halides is 3. The fourth-order valence-corrected chi connectivity index (χ4v) is 4.35. The van der Waals surface area contributed by atoms with Crippen molar-refractivity contribution < 1.29 is 27.9 Å². The summed E-state index contributed by atoms with van der Waals surface area (Å²) in [5.41, 5.74) is 9.61. The summed E-state index contributed by atoms with van der Waals surface area (Å²) >= 11 is 0. The molecule has 0 spiro atoms. The normalized spacial score (nSPS) is 23.4. The smallest absolute Gasteiger partial charge is 0.395 e. The summed E-state index contributed by atoms with van der Waals surface area (Å²) in [4.78, 5) is 36.4. The van der Waals surface area contributed by atoms with E-state index in [-0.39, 0.29) is 24.7 Å². The molecule has 2 aromatic rings. The summed E-state index contributed by atoms with van der Waals surface area (Å²) in [6, 6.07) is 7.34. The lowest BCUT2D eigenvalue weighted by Crippen LogP contribution is -2.65. The number of aromatic nitrogens is 2. The van der Waals surface area contributed by atoms with E-state index in [4.69, 9.17) is 11.5 Å². The first kappa shape index (κ1) is 20.8. The monoisotopic (exact) mass is 436 g/mol. The fourth-order valence-electron chi connectivity index (χ4n) is 4.35. The molecule has 12 heteroatoms. The molecule has 0 saturated carbocycles. The zero-order valence-electron chi connectivity index (χ0n) is 16.1. The first-order valence-corrected chi connectivity index (χ1v) is 9.35. The van der Waals surface area contributed by atoms with E-state index in [9.17, 15) is 27.9 Å². The van der Waals surface area contributed by atoms with Gasteiger partial charge < -0.3 is 21.5 Å². The second-order valence-electron chi connectivity index (χ2n) is 7.50. The van der Waals surface area contributed by atoms with Crippen LogP contribution >= 0.6 is 0 Å². The molecule has 2 aliphatic rings. The molecule has 9 nitrogen and oxygen atoms in total. The number of amides is 2. The molecule has 0 radical (unpaired) electrons. The molecule has 0 aliphatic carbocycles. The van der Waals surface area contributed by atoms with Crippen LogP contribution in [0.2, 0.25) is 0 Å². The third kappa shape index (κ3) is 3.05. The van der Waals surface area contributed by atoms with Gasteiger partial charge in [0.25, 0.3) is 0 Å². The van der Waals surface area contributed by atoms with E-state index in [1.54, 1.807) is 17.0 Å². The van der Waals surface area contributed by atoms with Crippen LogP contribution in [0.1, 0.15) is 11.6 Å². The van der Waals surface area contributed by atoms with Crippen molar-refractivity contribution in [3.05, 3.63) is 42.2 Å². The Morgan fingerprint density at radius 1 is 1.26 bits per heavy atom. The van der Waals surface area contributed by atoms with Crippen LogP contribution < -0.4 is 21.3 Å². The summed E-state index contributed by atoms with van der Waals surface area (Å²) in [7, 11) is 0. The van der Waals surface area contributed by atoms with E-state index in [1.165, 1.54) is 29.3 Å². The molecular weight excluding hydrogens is 417 g/mol. The quantitative estimate of drug-likeness (QED) is 0.617. The summed E-state index contributed by atoms with van der Waals surface area (Å²) in [5, 5.41) is 9.34. The number of pyridine rings is 2. The van der Waals surface area contributed by atoms with Gasteiger partial charge in [0.05, 0.1) is 30.5 Å². The van der Waals surface area contributed by atoms with Gasteiger partial charge in [-0.15, -0.1) is 0 Å². The van der Waals surface area contributed by atoms with Crippen LogP contribution in [-0.4, -0.2) is 58.3 Å². The number of primary amides is 2. The van der Waals surface area contributed by atoms with Crippen LogP contribution in [0.25, 0.3) is 0 Å². The molecule has 2 aromatic heterocycles. The van der Waals surface area contributed by atoms with Crippen molar-refractivity contribution in [2.75, 3.05) is 29.5 Å². The first-order valence-electron chi connectivity index (χ1n) is 9.35. The minimum absolute atomic E-state index is 0.0107. The third-order valence-electron chi connectivity index (χ3n) is 5.82. The molecule has 164 valence electrons. The van der Waals surface area contributed by atoms with Crippen molar-refractivity contribution >= 4 is 29.1 Å². The zero-order valence-corrected chi connectivity index (χ0v) is 16.1. The molecule has 1 saturated heterocycles. The summed E-state index contributed by atoms with van der Waals surface area (Å²) in [6.45, 7) is -1.17. The van der Waals surface area contributed by atoms with Gasteiger partial charge in [-0.25, -0.2) is 9.97 Å². The molecule has 0 aromatic carbocycles. The lowest BCUT2D eigenvalue weighted by molar-refractivity contribution is -0.159. The summed E-state index contributed by atoms with van der Waals surface area (Å²) in [6.07, 6.45) is -3.31. The second-order valence-corrected chi connectivity index (χ2v) is 7.50. The predicted octanol–water partition coefficient (Wildman–Crippen LogP) is 0.412. The van der Waals surface area contributed by atoms with Crippen LogP contribution in [-0.2, 0) is 9.59 Å². The van der Waals surface area contributed by atoms with Crippen molar-refractivity contribution in [3.8, 4) is 0 Å². The fraction of sp³-hybridized carbons (Fsp3) is 0.368. The van der Waals surface area contributed by atoms with Crippen LogP contribution in [0.4, 0.5) is 30.5 Å². The maximum absolute atomic E-state index is 13.4. The van der Waals surface area contributed by atoms with Crippen molar-refractivity contribution in [2.45, 2.75) is 17.6 Å². The van der Waals surface area contributed by atoms with Crippen LogP contribution in [0.5, 0.6) is 0 Å². The largest absolute Gasteiger partial charge is 0.399 e. The van der Waals surface area contributed by atoms with Crippen molar-refractivity contribution in [3.63, 3.8) is 0 Å². The van der Waals surface area contributed by atoms with Gasteiger partial charge in [-0.1, -0.05) is 6.07 Å². The number of aliphatic hydroxyl groups excluding tert-OH is 1. The number of hydrogen-bond donors (Lipinski definition) is 3. The van der Waals surface area contributed by atoms with E-state index in [1.807, 2.05) is 0 Å². The molecule has 4 rings (SSSR count). The predicted molar refractivity (Wildman–Crippen MR) is 103 cm³/mol. The van der Waals surface area contributed by atoms with Crippen molar-refractivity contribution in [1.82, 2.24) is 9.97 Å². The first-order chi connectivity index (χ1) is 14.6. The minimum atomic E-state index is -4.74. The van der Waals surface area contributed by atoms with Crippen LogP contribution in [0, 0.1) is 5.92 Å². The van der Waals surface area contributed by atoms with Gasteiger partial charge in [0.1, 0.15) is 11.7 Å². The highest BCUT2D eigenvalue weighted by Gasteiger charge is 2.62. The average molecular weight is 436 g/mol. The van der Waals surface area contributed by atoms with Gasteiger partial charge in [-0.05, 0) is 24.3 Å². The standard InChI is InChI=1S/C19H19F3N6O3/c20-19(21,22)11(8-29)12-4-5-13-16(26-12)28(14-3-1-2-6-25-14)18(17(24)31)9-27(13)7-10(18)15(23)30/h1-6,10-11,29H,7-9H2,(H2,23,30)(H2,24,31)/t10?,11?,18-/m1/s1. The zero-order chi connectivity index (χ0) is 22.6. The number of carbonyl (C=O) groups is 2. The summed E-state index contributed by atoms with van der Waals surface area (Å²) in [5.74, 6) is -4.79. The number of halogens is 3. The Balaban J connectivity index is 1.98. The lowest BCUT2D eigenvalue weighted by Gasteiger charge is -2.45. The van der Waals surface area contributed by atoms with E-state index < -0.39 is 47.7 Å². The molecule has 31 heavy (non-hydrogen) atoms. The Morgan fingerprint density at radius 3 is 2.55 bits per heavy atom. The van der Waals surface area contributed by atoms with Crippen LogP contribution in [0.3, 0.4) is 0 Å². The highest BCUT2D eigenvalue weighted by molar-refractivity contribution is 6.02. The number of anilines is 3. The number of carbonyl (C=O) groups excluding carboxylic acids is 2. The second kappa shape index (κ2) is 7.08. The van der Waals surface area contributed by atoms with E-state index in [0.717, 1.165) is 0 Å². The Hall–Kier alpha value is -3.41. The molecule has 5 N–H and O–H groups in total. The molecular formula is C19H19F3N6O3. The molecule has 4 heterocycles. The van der Waals surface area contributed by atoms with E-state index in [0.29, 0.717) is 5.69 Å². The van der Waals surface area contributed by atoms with E-state index in [2.05, 4.69) is 9.97 Å². The third-order valence-corrected chi connectivity index (χ3v) is 5.82. The molecule has 2 unspecified atom stereocenters. The SMILES string of the molecule is NC(=O)C1CN2C[C@@]1(C(N)=O)N(c1ccccn1)c1nc(C(CO)C(F)(F)F)ccc12. The number of rotatable bonds is 5. The minimum Gasteiger partial charge on any atom is -0.395 e. The van der Waals surface area contributed by atoms with Gasteiger partial charge >= 0.3 is 6.18 Å². The molecule has 1 fully saturated rings. The number of nitrogens with two attached hydrogens (primary N) is 2. The van der Waals surface area contributed by atoms with Gasteiger partial charge in [0, 0.05) is 12.7 Å². The van der Waals surface area contributed by atoms with Crippen molar-refractivity contribution in [2.24, 2.45) is 17.4 Å². The Morgan fingerprint density at radius 2 is 2.00 bits per heavy atom.